The van der Waals surface area contributed by atoms with Gasteiger partial charge >= 0.3 is 5.63 Å². The van der Waals surface area contributed by atoms with Gasteiger partial charge in [0.2, 0.25) is 10.0 Å². The third kappa shape index (κ3) is 5.94. The summed E-state index contributed by atoms with van der Waals surface area (Å²) in [7, 11) is -0.619. The van der Waals surface area contributed by atoms with Gasteiger partial charge < -0.3 is 9.15 Å². The van der Waals surface area contributed by atoms with Gasteiger partial charge in [0.05, 0.1) is 7.11 Å². The molecule has 0 saturated heterocycles. The van der Waals surface area contributed by atoms with Crippen LogP contribution in [0.15, 0.2) is 68.7 Å². The summed E-state index contributed by atoms with van der Waals surface area (Å²) in [6.45, 7) is 5.75. The first kappa shape index (κ1) is 22.4. The first-order valence-corrected chi connectivity index (χ1v) is 9.93. The van der Waals surface area contributed by atoms with Crippen LogP contribution in [0, 0.1) is 6.92 Å². The summed E-state index contributed by atoms with van der Waals surface area (Å²) in [5.41, 5.74) is 1.04. The van der Waals surface area contributed by atoms with E-state index in [-0.39, 0.29) is 11.9 Å². The highest BCUT2D eigenvalue weighted by atomic mass is 32.2. The van der Waals surface area contributed by atoms with Gasteiger partial charge in [-0.1, -0.05) is 44.2 Å². The van der Waals surface area contributed by atoms with Crippen LogP contribution in [-0.2, 0) is 10.0 Å². The maximum atomic E-state index is 11.4. The first-order valence-electron chi connectivity index (χ1n) is 8.45. The zero-order valence-corrected chi connectivity index (χ0v) is 17.0. The van der Waals surface area contributed by atoms with Crippen molar-refractivity contribution in [1.29, 1.82) is 0 Å². The lowest BCUT2D eigenvalue weighted by molar-refractivity contribution is 0.402. The van der Waals surface area contributed by atoms with Crippen molar-refractivity contribution < 1.29 is 19.0 Å². The van der Waals surface area contributed by atoms with Crippen molar-refractivity contribution in [3.63, 3.8) is 0 Å². The molecule has 0 aliphatic carbocycles. The molecule has 2 aromatic carbocycles. The zero-order valence-electron chi connectivity index (χ0n) is 16.1. The summed E-state index contributed by atoms with van der Waals surface area (Å²) in [4.78, 5) is 11.2. The number of fused-ring (bicyclic) bond motifs is 1. The Labute approximate surface area is 161 Å². The lowest BCUT2D eigenvalue weighted by Crippen LogP contribution is -2.19. The Kier molecular flexibility index (Phi) is 8.71. The van der Waals surface area contributed by atoms with E-state index in [1.807, 2.05) is 38.1 Å². The number of nitrogens with one attached hydrogen (secondary N) is 1. The highest BCUT2D eigenvalue weighted by Crippen LogP contribution is 2.21. The van der Waals surface area contributed by atoms with Crippen LogP contribution in [0.25, 0.3) is 11.0 Å². The summed E-state index contributed by atoms with van der Waals surface area (Å²) < 4.78 is 35.0. The Bertz CT molecular complexity index is 1030. The van der Waals surface area contributed by atoms with Crippen LogP contribution in [0.4, 0.5) is 0 Å². The van der Waals surface area contributed by atoms with Crippen molar-refractivity contribution >= 4 is 21.0 Å². The fourth-order valence-electron chi connectivity index (χ4n) is 2.12. The lowest BCUT2D eigenvalue weighted by Gasteiger charge is -2.07. The van der Waals surface area contributed by atoms with Crippen molar-refractivity contribution in [2.24, 2.45) is 0 Å². The Morgan fingerprint density at radius 3 is 2.26 bits per heavy atom. The van der Waals surface area contributed by atoms with Crippen molar-refractivity contribution in [3.8, 4) is 5.75 Å². The Morgan fingerprint density at radius 1 is 1.04 bits per heavy atom. The van der Waals surface area contributed by atoms with Crippen molar-refractivity contribution in [3.05, 3.63) is 70.6 Å². The number of hydrogen-bond donors (Lipinski definition) is 1. The minimum absolute atomic E-state index is 0. The second-order valence-corrected chi connectivity index (χ2v) is 6.97. The second kappa shape index (κ2) is 10.5. The Hall–Kier alpha value is -2.64. The highest BCUT2D eigenvalue weighted by Gasteiger charge is 2.15. The molecular formula is C20H27NO5S. The van der Waals surface area contributed by atoms with Crippen LogP contribution >= 0.6 is 0 Å². The predicted molar refractivity (Wildman–Crippen MR) is 110 cm³/mol. The minimum atomic E-state index is -3.42. The summed E-state index contributed by atoms with van der Waals surface area (Å²) in [6.07, 6.45) is 0. The molecule has 0 unspecified atom stereocenters. The number of hydrogen-bond acceptors (Lipinski definition) is 5. The smallest absolute Gasteiger partial charge is 0.339 e. The molecule has 1 aromatic heterocycles. The molecule has 7 heteroatoms. The minimum Gasteiger partial charge on any atom is -0.495 e. The van der Waals surface area contributed by atoms with Crippen LogP contribution in [0.1, 0.15) is 20.8 Å². The second-order valence-electron chi connectivity index (χ2n) is 5.11. The fraction of sp³-hybridized carbons (Fsp3) is 0.250. The third-order valence-electron chi connectivity index (χ3n) is 3.44. The van der Waals surface area contributed by atoms with E-state index >= 15 is 0 Å². The van der Waals surface area contributed by atoms with E-state index in [2.05, 4.69) is 4.72 Å². The van der Waals surface area contributed by atoms with Crippen LogP contribution in [0.5, 0.6) is 5.75 Å². The standard InChI is InChI=1S/C10H8O2.C8H11NO3S.C2H6.H2/c1-7-6-8-4-2-3-5-9(8)12-10(7)11;1-9-13(10,11)8-6-4-3-5-7(8)12-2;1-2;/h2-6H,1H3;3-6,9H,1-2H3;1-2H3;1H. The monoisotopic (exact) mass is 393 g/mol. The van der Waals surface area contributed by atoms with Gasteiger partial charge in [0.1, 0.15) is 16.2 Å². The molecule has 3 rings (SSSR count). The van der Waals surface area contributed by atoms with E-state index in [0.717, 1.165) is 5.39 Å². The largest absolute Gasteiger partial charge is 0.495 e. The van der Waals surface area contributed by atoms with Crippen LogP contribution in [0.2, 0.25) is 0 Å². The first-order chi connectivity index (χ1) is 12.9. The number of sulfonamides is 1. The molecule has 0 saturated carbocycles. The van der Waals surface area contributed by atoms with Gasteiger partial charge in [-0.15, -0.1) is 0 Å². The van der Waals surface area contributed by atoms with Gasteiger partial charge in [-0.2, -0.15) is 0 Å². The van der Waals surface area contributed by atoms with Gasteiger partial charge in [-0.3, -0.25) is 0 Å². The molecule has 6 nitrogen and oxygen atoms in total. The highest BCUT2D eigenvalue weighted by molar-refractivity contribution is 7.89. The van der Waals surface area contributed by atoms with E-state index in [1.165, 1.54) is 20.2 Å². The van der Waals surface area contributed by atoms with Gasteiger partial charge in [0.25, 0.3) is 0 Å². The molecule has 0 aliphatic rings. The fourth-order valence-corrected chi connectivity index (χ4v) is 3.01. The molecule has 0 radical (unpaired) electrons. The summed E-state index contributed by atoms with van der Waals surface area (Å²) in [6, 6.07) is 15.8. The molecule has 0 atom stereocenters. The van der Waals surface area contributed by atoms with Crippen LogP contribution < -0.4 is 15.1 Å². The van der Waals surface area contributed by atoms with Crippen LogP contribution in [0.3, 0.4) is 0 Å². The van der Waals surface area contributed by atoms with Gasteiger partial charge in [0.15, 0.2) is 0 Å². The maximum Gasteiger partial charge on any atom is 0.339 e. The van der Waals surface area contributed by atoms with Crippen molar-refractivity contribution in [1.82, 2.24) is 4.72 Å². The summed E-state index contributed by atoms with van der Waals surface area (Å²) >= 11 is 0. The maximum absolute atomic E-state index is 11.4. The summed E-state index contributed by atoms with van der Waals surface area (Å²) in [5.74, 6) is 0.344. The molecule has 0 bridgehead atoms. The SMILES string of the molecule is CC.CNS(=O)(=O)c1ccccc1OC.Cc1cc2ccccc2oc1=O.[HH]. The summed E-state index contributed by atoms with van der Waals surface area (Å²) in [5, 5.41) is 0.967. The zero-order chi connectivity index (χ0) is 20.4. The number of benzene rings is 2. The average molecular weight is 394 g/mol. The van der Waals surface area contributed by atoms with Gasteiger partial charge in [-0.25, -0.2) is 17.9 Å². The Balaban J connectivity index is 0.000000464. The quantitative estimate of drug-likeness (QED) is 0.680. The molecule has 3 aromatic rings. The number of para-hydroxylation sites is 2. The Morgan fingerprint density at radius 2 is 1.63 bits per heavy atom. The average Bonchev–Trinajstić information content (AvgIpc) is 2.71. The number of ether oxygens (including phenoxy) is 1. The number of methoxy groups -OCH3 is 1. The molecule has 1 heterocycles. The number of rotatable bonds is 3. The van der Waals surface area contributed by atoms with Crippen LogP contribution in [-0.4, -0.2) is 22.6 Å². The van der Waals surface area contributed by atoms with E-state index in [1.54, 1.807) is 31.2 Å². The van der Waals surface area contributed by atoms with E-state index < -0.39 is 10.0 Å². The number of aryl methyl sites for hydroxylation is 1. The van der Waals surface area contributed by atoms with Gasteiger partial charge in [-0.05, 0) is 38.2 Å². The third-order valence-corrected chi connectivity index (χ3v) is 4.90. The molecule has 27 heavy (non-hydrogen) atoms. The molecule has 0 aliphatic heterocycles. The molecule has 0 amide bonds. The van der Waals surface area contributed by atoms with Crippen molar-refractivity contribution in [2.45, 2.75) is 25.7 Å². The van der Waals surface area contributed by atoms with E-state index in [0.29, 0.717) is 16.9 Å². The topological polar surface area (TPSA) is 85.6 Å². The van der Waals surface area contributed by atoms with Gasteiger partial charge in [0, 0.05) is 12.4 Å². The lowest BCUT2D eigenvalue weighted by atomic mass is 10.2. The molecule has 0 fully saturated rings. The molecule has 148 valence electrons. The van der Waals surface area contributed by atoms with Crippen molar-refractivity contribution in [2.75, 3.05) is 14.2 Å². The molecule has 0 spiro atoms. The van der Waals surface area contributed by atoms with E-state index in [9.17, 15) is 13.2 Å². The van der Waals surface area contributed by atoms with E-state index in [4.69, 9.17) is 9.15 Å². The normalized spacial score (nSPS) is 10.3. The molecular weight excluding hydrogens is 366 g/mol. The predicted octanol–water partition coefficient (Wildman–Crippen LogP) is 3.98. The molecule has 1 N–H and O–H groups in total.